The Morgan fingerprint density at radius 2 is 2.03 bits per heavy atom. The zero-order valence-electron chi connectivity index (χ0n) is 16.8. The highest BCUT2D eigenvalue weighted by Gasteiger charge is 2.28. The summed E-state index contributed by atoms with van der Waals surface area (Å²) in [4.78, 5) is 46.8. The number of carbonyl (C=O) groups is 3. The van der Waals surface area contributed by atoms with Crippen LogP contribution in [0, 0.1) is 6.92 Å². The molecule has 1 aliphatic carbocycles. The summed E-state index contributed by atoms with van der Waals surface area (Å²) < 4.78 is 5.29. The number of aromatic nitrogens is 2. The number of aryl methyl sites for hydroxylation is 2. The van der Waals surface area contributed by atoms with Crippen LogP contribution >= 0.6 is 22.7 Å². The van der Waals surface area contributed by atoms with E-state index < -0.39 is 18.5 Å². The first-order valence-electron chi connectivity index (χ1n) is 9.76. The van der Waals surface area contributed by atoms with E-state index in [0.29, 0.717) is 21.3 Å². The third-order valence-electron chi connectivity index (χ3n) is 4.73. The number of hydrogen-bond donors (Lipinski definition) is 2. The van der Waals surface area contributed by atoms with Crippen LogP contribution < -0.4 is 10.6 Å². The summed E-state index contributed by atoms with van der Waals surface area (Å²) in [6.45, 7) is 1.39. The van der Waals surface area contributed by atoms with Gasteiger partial charge in [-0.1, -0.05) is 0 Å². The summed E-state index contributed by atoms with van der Waals surface area (Å²) >= 11 is 2.69. The largest absolute Gasteiger partial charge is 0.452 e. The third kappa shape index (κ3) is 4.97. The zero-order valence-corrected chi connectivity index (χ0v) is 18.4. The van der Waals surface area contributed by atoms with Crippen LogP contribution in [-0.4, -0.2) is 34.4 Å². The molecule has 8 nitrogen and oxygen atoms in total. The lowest BCUT2D eigenvalue weighted by molar-refractivity contribution is -0.119. The van der Waals surface area contributed by atoms with Gasteiger partial charge in [-0.05, 0) is 50.3 Å². The molecule has 3 heterocycles. The fourth-order valence-corrected chi connectivity index (χ4v) is 5.29. The predicted molar refractivity (Wildman–Crippen MR) is 119 cm³/mol. The summed E-state index contributed by atoms with van der Waals surface area (Å²) in [6, 6.07) is 3.32. The van der Waals surface area contributed by atoms with Gasteiger partial charge in [-0.15, -0.1) is 22.7 Å². The van der Waals surface area contributed by atoms with Gasteiger partial charge in [0.05, 0.1) is 16.8 Å². The van der Waals surface area contributed by atoms with Gasteiger partial charge in [0.1, 0.15) is 5.00 Å². The molecule has 0 unspecified atom stereocenters. The molecule has 0 aliphatic heterocycles. The van der Waals surface area contributed by atoms with Crippen molar-refractivity contribution in [2.75, 3.05) is 17.2 Å². The number of rotatable bonds is 6. The van der Waals surface area contributed by atoms with Crippen LogP contribution in [-0.2, 0) is 22.4 Å². The summed E-state index contributed by atoms with van der Waals surface area (Å²) in [5.41, 5.74) is 2.44. The summed E-state index contributed by atoms with van der Waals surface area (Å²) in [5.74, 6) is -1.43. The first kappa shape index (κ1) is 21.1. The highest BCUT2D eigenvalue weighted by Crippen LogP contribution is 2.38. The number of anilines is 2. The smallest absolute Gasteiger partial charge is 0.341 e. The highest BCUT2D eigenvalue weighted by molar-refractivity contribution is 7.17. The van der Waals surface area contributed by atoms with E-state index in [9.17, 15) is 14.4 Å². The fraction of sp³-hybridized carbons (Fsp3) is 0.286. The van der Waals surface area contributed by atoms with E-state index in [1.807, 2.05) is 12.3 Å². The van der Waals surface area contributed by atoms with E-state index in [4.69, 9.17) is 4.74 Å². The number of fused-ring (bicyclic) bond motifs is 1. The minimum atomic E-state index is -0.619. The Hall–Kier alpha value is -3.11. The number of pyridine rings is 1. The lowest BCUT2D eigenvalue weighted by Crippen LogP contribution is -2.22. The number of ether oxygens (including phenoxy) is 1. The molecule has 4 rings (SSSR count). The van der Waals surface area contributed by atoms with Crippen molar-refractivity contribution in [3.8, 4) is 0 Å². The summed E-state index contributed by atoms with van der Waals surface area (Å²) in [7, 11) is 0. The van der Waals surface area contributed by atoms with Gasteiger partial charge in [-0.2, -0.15) is 0 Å². The fourth-order valence-electron chi connectivity index (χ4n) is 3.31. The van der Waals surface area contributed by atoms with Crippen LogP contribution in [0.1, 0.15) is 49.7 Å². The number of hydrogen-bond acceptors (Lipinski definition) is 8. The number of nitrogens with zero attached hydrogens (tertiary/aromatic N) is 2. The maximum atomic E-state index is 12.9. The molecule has 3 aromatic heterocycles. The van der Waals surface area contributed by atoms with Crippen LogP contribution in [0.15, 0.2) is 29.9 Å². The van der Waals surface area contributed by atoms with Gasteiger partial charge in [-0.25, -0.2) is 9.78 Å². The minimum Gasteiger partial charge on any atom is -0.452 e. The van der Waals surface area contributed by atoms with E-state index in [1.54, 1.807) is 18.3 Å². The molecule has 2 N–H and O–H groups in total. The van der Waals surface area contributed by atoms with E-state index in [-0.39, 0.29) is 5.91 Å². The maximum absolute atomic E-state index is 12.9. The molecule has 0 saturated heterocycles. The van der Waals surface area contributed by atoms with Crippen molar-refractivity contribution < 1.29 is 19.1 Å². The summed E-state index contributed by atoms with van der Waals surface area (Å²) in [6.07, 6.45) is 6.64. The molecule has 0 atom stereocenters. The molecule has 160 valence electrons. The Bertz CT molecular complexity index is 1120. The van der Waals surface area contributed by atoms with Crippen molar-refractivity contribution in [3.63, 3.8) is 0 Å². The minimum absolute atomic E-state index is 0.342. The van der Waals surface area contributed by atoms with Crippen molar-refractivity contribution in [3.05, 3.63) is 57.2 Å². The number of thiazole rings is 1. The Labute approximate surface area is 186 Å². The Morgan fingerprint density at radius 3 is 2.77 bits per heavy atom. The van der Waals surface area contributed by atoms with Crippen LogP contribution in [0.25, 0.3) is 0 Å². The van der Waals surface area contributed by atoms with Crippen molar-refractivity contribution in [2.45, 2.75) is 32.6 Å². The van der Waals surface area contributed by atoms with Gasteiger partial charge >= 0.3 is 5.97 Å². The first-order valence-corrected chi connectivity index (χ1v) is 11.5. The molecule has 31 heavy (non-hydrogen) atoms. The topological polar surface area (TPSA) is 110 Å². The third-order valence-corrected chi connectivity index (χ3v) is 6.81. The van der Waals surface area contributed by atoms with Crippen LogP contribution in [0.2, 0.25) is 0 Å². The average molecular weight is 457 g/mol. The number of nitrogens with one attached hydrogen (secondary N) is 2. The van der Waals surface area contributed by atoms with Crippen LogP contribution in [0.3, 0.4) is 0 Å². The molecule has 0 saturated carbocycles. The zero-order chi connectivity index (χ0) is 21.8. The molecular weight excluding hydrogens is 436 g/mol. The molecule has 10 heteroatoms. The van der Waals surface area contributed by atoms with Crippen molar-refractivity contribution in [1.82, 2.24) is 9.97 Å². The molecule has 0 fully saturated rings. The average Bonchev–Trinajstić information content (AvgIpc) is 3.35. The number of esters is 1. The van der Waals surface area contributed by atoms with Crippen molar-refractivity contribution >= 4 is 50.6 Å². The molecule has 0 bridgehead atoms. The van der Waals surface area contributed by atoms with Gasteiger partial charge in [0.15, 0.2) is 11.7 Å². The molecule has 0 spiro atoms. The van der Waals surface area contributed by atoms with E-state index in [0.717, 1.165) is 41.8 Å². The standard InChI is InChI=1S/C21H20N4O4S2/c1-12-11-30-21(23-12)24-16(26)10-29-20(28)17-14-6-2-3-7-15(14)31-19(17)25-18(27)13-5-4-8-22-9-13/h4-5,8-9,11H,2-3,6-7,10H2,1H3,(H,25,27)(H,23,24,26). The normalized spacial score (nSPS) is 12.7. The Balaban J connectivity index is 1.49. The summed E-state index contributed by atoms with van der Waals surface area (Å²) in [5, 5.41) is 8.15. The molecule has 3 aromatic rings. The Morgan fingerprint density at radius 1 is 1.19 bits per heavy atom. The molecule has 1 aliphatic rings. The monoisotopic (exact) mass is 456 g/mol. The van der Waals surface area contributed by atoms with Gasteiger partial charge < -0.3 is 10.1 Å². The van der Waals surface area contributed by atoms with Gasteiger partial charge in [-0.3, -0.25) is 19.9 Å². The second kappa shape index (κ2) is 9.36. The van der Waals surface area contributed by atoms with E-state index in [2.05, 4.69) is 20.6 Å². The second-order valence-electron chi connectivity index (χ2n) is 7.03. The Kier molecular flexibility index (Phi) is 6.38. The lowest BCUT2D eigenvalue weighted by Gasteiger charge is -2.12. The molecular formula is C21H20N4O4S2. The SMILES string of the molecule is Cc1csc(NC(=O)COC(=O)c2c(NC(=O)c3cccnc3)sc3c2CCCC3)n1. The van der Waals surface area contributed by atoms with E-state index in [1.165, 1.54) is 28.9 Å². The highest BCUT2D eigenvalue weighted by atomic mass is 32.1. The quantitative estimate of drug-likeness (QED) is 0.546. The lowest BCUT2D eigenvalue weighted by atomic mass is 9.95. The number of amides is 2. The number of carbonyl (C=O) groups excluding carboxylic acids is 3. The number of thiophene rings is 1. The van der Waals surface area contributed by atoms with E-state index >= 15 is 0 Å². The molecule has 2 amide bonds. The predicted octanol–water partition coefficient (Wildman–Crippen LogP) is 3.83. The molecule has 0 radical (unpaired) electrons. The van der Waals surface area contributed by atoms with Gasteiger partial charge in [0.2, 0.25) is 0 Å². The first-order chi connectivity index (χ1) is 15.0. The van der Waals surface area contributed by atoms with Gasteiger partial charge in [0.25, 0.3) is 11.8 Å². The van der Waals surface area contributed by atoms with Crippen molar-refractivity contribution in [1.29, 1.82) is 0 Å². The maximum Gasteiger partial charge on any atom is 0.341 e. The van der Waals surface area contributed by atoms with Crippen molar-refractivity contribution in [2.24, 2.45) is 0 Å². The van der Waals surface area contributed by atoms with Crippen LogP contribution in [0.4, 0.5) is 10.1 Å². The van der Waals surface area contributed by atoms with Gasteiger partial charge in [0, 0.05) is 22.7 Å². The second-order valence-corrected chi connectivity index (χ2v) is 8.99. The molecule has 0 aromatic carbocycles. The van der Waals surface area contributed by atoms with Crippen LogP contribution in [0.5, 0.6) is 0 Å².